The Balaban J connectivity index is 3.54. The minimum atomic E-state index is -0.863. The van der Waals surface area contributed by atoms with Gasteiger partial charge >= 0.3 is 0 Å². The number of aliphatic hydroxyl groups excluding tert-OH is 2. The molecule has 320 valence electrons. The molecule has 55 heavy (non-hydrogen) atoms. The van der Waals surface area contributed by atoms with E-state index in [4.69, 9.17) is 0 Å². The highest BCUT2D eigenvalue weighted by Crippen LogP contribution is 2.15. The molecule has 0 aromatic rings. The lowest BCUT2D eigenvalue weighted by molar-refractivity contribution is -0.123. The molecule has 0 rings (SSSR count). The van der Waals surface area contributed by atoms with Gasteiger partial charge in [-0.3, -0.25) is 4.79 Å². The lowest BCUT2D eigenvalue weighted by atomic mass is 10.0. The van der Waals surface area contributed by atoms with E-state index in [1.165, 1.54) is 173 Å². The molecule has 2 atom stereocenters. The Morgan fingerprint density at radius 3 is 1.18 bits per heavy atom. The van der Waals surface area contributed by atoms with Crippen molar-refractivity contribution in [2.75, 3.05) is 6.61 Å². The van der Waals surface area contributed by atoms with Gasteiger partial charge in [0.2, 0.25) is 5.91 Å². The zero-order valence-electron chi connectivity index (χ0n) is 36.7. The fraction of sp³-hybridized carbons (Fsp3) is 0.784. The Morgan fingerprint density at radius 1 is 0.436 bits per heavy atom. The van der Waals surface area contributed by atoms with E-state index in [0.717, 1.165) is 44.9 Å². The Bertz CT molecular complexity index is 919. The summed E-state index contributed by atoms with van der Waals surface area (Å²) in [6.07, 6.45) is 64.9. The van der Waals surface area contributed by atoms with Crippen molar-refractivity contribution in [2.24, 2.45) is 0 Å². The topological polar surface area (TPSA) is 69.6 Å². The maximum atomic E-state index is 12.4. The van der Waals surface area contributed by atoms with Gasteiger partial charge in [0.25, 0.3) is 0 Å². The third-order valence-corrected chi connectivity index (χ3v) is 10.7. The summed E-state index contributed by atoms with van der Waals surface area (Å²) in [7, 11) is 0. The van der Waals surface area contributed by atoms with E-state index < -0.39 is 12.1 Å². The van der Waals surface area contributed by atoms with Crippen molar-refractivity contribution < 1.29 is 15.0 Å². The van der Waals surface area contributed by atoms with Crippen molar-refractivity contribution in [1.29, 1.82) is 0 Å². The van der Waals surface area contributed by atoms with Gasteiger partial charge in [-0.15, -0.1) is 0 Å². The maximum Gasteiger partial charge on any atom is 0.220 e. The number of carbonyl (C=O) groups excluding carboxylic acids is 1. The first-order valence-corrected chi connectivity index (χ1v) is 24.0. The van der Waals surface area contributed by atoms with Crippen molar-refractivity contribution in [1.82, 2.24) is 5.32 Å². The summed E-state index contributed by atoms with van der Waals surface area (Å²) in [6.45, 7) is 4.28. The van der Waals surface area contributed by atoms with Crippen molar-refractivity contribution in [2.45, 2.75) is 251 Å². The monoisotopic (exact) mass is 768 g/mol. The highest BCUT2D eigenvalue weighted by molar-refractivity contribution is 5.76. The molecule has 0 bridgehead atoms. The van der Waals surface area contributed by atoms with E-state index in [2.05, 4.69) is 67.8 Å². The van der Waals surface area contributed by atoms with Crippen molar-refractivity contribution in [3.63, 3.8) is 0 Å². The minimum Gasteiger partial charge on any atom is -0.394 e. The minimum absolute atomic E-state index is 0.0758. The molecule has 0 radical (unpaired) electrons. The van der Waals surface area contributed by atoms with Gasteiger partial charge in [-0.05, 0) is 70.6 Å². The Morgan fingerprint density at radius 2 is 0.764 bits per heavy atom. The molecule has 4 heteroatoms. The number of aliphatic hydroxyl groups is 2. The first-order chi connectivity index (χ1) is 27.2. The van der Waals surface area contributed by atoms with Crippen molar-refractivity contribution >= 4 is 5.91 Å². The van der Waals surface area contributed by atoms with Crippen LogP contribution in [-0.2, 0) is 4.79 Å². The average Bonchev–Trinajstić information content (AvgIpc) is 3.19. The van der Waals surface area contributed by atoms with E-state index in [1.54, 1.807) is 6.08 Å². The predicted molar refractivity (Wildman–Crippen MR) is 244 cm³/mol. The Labute approximate surface area is 343 Å². The lowest BCUT2D eigenvalue weighted by Crippen LogP contribution is -2.45. The molecule has 0 aliphatic rings. The van der Waals surface area contributed by atoms with Gasteiger partial charge in [-0.25, -0.2) is 0 Å². The van der Waals surface area contributed by atoms with Crippen LogP contribution in [0.2, 0.25) is 0 Å². The van der Waals surface area contributed by atoms with Gasteiger partial charge in [0.15, 0.2) is 0 Å². The number of amides is 1. The lowest BCUT2D eigenvalue weighted by Gasteiger charge is -2.19. The average molecular weight is 768 g/mol. The fourth-order valence-electron chi connectivity index (χ4n) is 7.02. The predicted octanol–water partition coefficient (Wildman–Crippen LogP) is 15.3. The molecule has 0 aliphatic heterocycles. The largest absolute Gasteiger partial charge is 0.394 e. The quantitative estimate of drug-likeness (QED) is 0.0427. The molecule has 0 saturated heterocycles. The molecule has 2 unspecified atom stereocenters. The van der Waals surface area contributed by atoms with Crippen molar-refractivity contribution in [3.8, 4) is 0 Å². The Kier molecular flexibility index (Phi) is 44.9. The van der Waals surface area contributed by atoms with Crippen LogP contribution in [0.4, 0.5) is 0 Å². The number of allylic oxidation sites excluding steroid dienone is 9. The second kappa shape index (κ2) is 46.5. The SMILES string of the molecule is CCCCCCC/C=C\C/C=C\C/C=C\CCCCCCCCCCCCCCCCC(=O)NC(CO)C(O)/C=C/CC/C=C/CCCCCCCCCC. The molecule has 3 N–H and O–H groups in total. The summed E-state index contributed by atoms with van der Waals surface area (Å²) < 4.78 is 0. The molecule has 0 aromatic heterocycles. The van der Waals surface area contributed by atoms with Crippen LogP contribution < -0.4 is 5.32 Å². The van der Waals surface area contributed by atoms with Crippen LogP contribution in [-0.4, -0.2) is 34.9 Å². The van der Waals surface area contributed by atoms with E-state index >= 15 is 0 Å². The number of hydrogen-bond donors (Lipinski definition) is 3. The second-order valence-corrected chi connectivity index (χ2v) is 16.2. The standard InChI is InChI=1S/C51H93NO3/c1-3-5-7-9-11-13-15-17-19-20-21-22-23-24-25-26-27-28-29-30-31-32-33-35-37-39-41-43-45-47-51(55)52-49(48-53)50(54)46-44-42-40-38-36-34-18-16-14-12-10-8-6-4-2/h15,17,20-21,23-24,36,38,44,46,49-50,53-54H,3-14,16,18-19,22,25-35,37,39-43,45,47-48H2,1-2H3,(H,52,55)/b17-15-,21-20-,24-23-,38-36+,46-44+. The van der Waals surface area contributed by atoms with Gasteiger partial charge in [0, 0.05) is 6.42 Å². The highest BCUT2D eigenvalue weighted by Gasteiger charge is 2.17. The molecule has 1 amide bonds. The molecule has 0 aromatic carbocycles. The first-order valence-electron chi connectivity index (χ1n) is 24.0. The van der Waals surface area contributed by atoms with Crippen LogP contribution in [0.5, 0.6) is 0 Å². The van der Waals surface area contributed by atoms with Gasteiger partial charge in [0.1, 0.15) is 0 Å². The normalized spacial score (nSPS) is 13.5. The van der Waals surface area contributed by atoms with Crippen LogP contribution in [0.3, 0.4) is 0 Å². The van der Waals surface area contributed by atoms with Gasteiger partial charge in [-0.2, -0.15) is 0 Å². The third-order valence-electron chi connectivity index (χ3n) is 10.7. The first kappa shape index (κ1) is 53.1. The second-order valence-electron chi connectivity index (χ2n) is 16.2. The summed E-state index contributed by atoms with van der Waals surface area (Å²) in [5.41, 5.74) is 0. The van der Waals surface area contributed by atoms with Crippen LogP contribution in [0.1, 0.15) is 239 Å². The zero-order chi connectivity index (χ0) is 40.0. The smallest absolute Gasteiger partial charge is 0.220 e. The molecular weight excluding hydrogens is 675 g/mol. The number of rotatable bonds is 43. The van der Waals surface area contributed by atoms with Crippen LogP contribution in [0.15, 0.2) is 60.8 Å². The van der Waals surface area contributed by atoms with Crippen LogP contribution in [0.25, 0.3) is 0 Å². The van der Waals surface area contributed by atoms with E-state index in [1.807, 2.05) is 6.08 Å². The van der Waals surface area contributed by atoms with E-state index in [9.17, 15) is 15.0 Å². The summed E-state index contributed by atoms with van der Waals surface area (Å²) in [4.78, 5) is 12.4. The molecular formula is C51H93NO3. The van der Waals surface area contributed by atoms with Gasteiger partial charge in [0.05, 0.1) is 18.8 Å². The molecule has 0 fully saturated rings. The van der Waals surface area contributed by atoms with Crippen LogP contribution in [0, 0.1) is 0 Å². The van der Waals surface area contributed by atoms with E-state index in [-0.39, 0.29) is 12.5 Å². The molecule has 0 heterocycles. The number of nitrogens with one attached hydrogen (secondary N) is 1. The third kappa shape index (κ3) is 43.1. The summed E-state index contributed by atoms with van der Waals surface area (Å²) in [6, 6.07) is -0.640. The van der Waals surface area contributed by atoms with Gasteiger partial charge in [-0.1, -0.05) is 222 Å². The molecule has 0 spiro atoms. The summed E-state index contributed by atoms with van der Waals surface area (Å²) >= 11 is 0. The number of hydrogen-bond acceptors (Lipinski definition) is 3. The fourth-order valence-corrected chi connectivity index (χ4v) is 7.02. The molecule has 0 aliphatic carbocycles. The molecule has 4 nitrogen and oxygen atoms in total. The number of unbranched alkanes of at least 4 members (excludes halogenated alkanes) is 28. The maximum absolute atomic E-state index is 12.4. The van der Waals surface area contributed by atoms with Crippen LogP contribution >= 0.6 is 0 Å². The molecule has 0 saturated carbocycles. The van der Waals surface area contributed by atoms with Crippen molar-refractivity contribution in [3.05, 3.63) is 60.8 Å². The number of carbonyl (C=O) groups is 1. The summed E-state index contributed by atoms with van der Waals surface area (Å²) in [5, 5.41) is 23.0. The summed E-state index contributed by atoms with van der Waals surface area (Å²) in [5.74, 6) is -0.0758. The van der Waals surface area contributed by atoms with E-state index in [0.29, 0.717) is 6.42 Å². The van der Waals surface area contributed by atoms with Gasteiger partial charge < -0.3 is 15.5 Å². The Hall–Kier alpha value is -1.91. The zero-order valence-corrected chi connectivity index (χ0v) is 36.7. The highest BCUT2D eigenvalue weighted by atomic mass is 16.3.